The molecule has 0 saturated carbocycles. The van der Waals surface area contributed by atoms with Crippen molar-refractivity contribution < 1.29 is 9.59 Å². The zero-order valence-electron chi connectivity index (χ0n) is 12.6. The number of nitrogens with one attached hydrogen (secondary N) is 2. The molecule has 122 valence electrons. The van der Waals surface area contributed by atoms with Crippen molar-refractivity contribution in [2.75, 3.05) is 5.32 Å². The monoisotopic (exact) mass is 358 g/mol. The Morgan fingerprint density at radius 2 is 2.08 bits per heavy atom. The third-order valence-corrected chi connectivity index (χ3v) is 4.75. The highest BCUT2D eigenvalue weighted by molar-refractivity contribution is 7.14. The number of rotatable bonds is 6. The molecule has 0 unspecified atom stereocenters. The van der Waals surface area contributed by atoms with Crippen molar-refractivity contribution in [3.8, 4) is 0 Å². The highest BCUT2D eigenvalue weighted by Gasteiger charge is 2.11. The van der Waals surface area contributed by atoms with Crippen molar-refractivity contribution in [2.24, 2.45) is 0 Å². The number of thiophene rings is 1. The van der Waals surface area contributed by atoms with E-state index in [1.165, 1.54) is 22.7 Å². The van der Waals surface area contributed by atoms with Crippen LogP contribution in [0.4, 0.5) is 5.13 Å². The van der Waals surface area contributed by atoms with Gasteiger partial charge < -0.3 is 5.32 Å². The van der Waals surface area contributed by atoms with Gasteiger partial charge in [-0.2, -0.15) is 0 Å². The summed E-state index contributed by atoms with van der Waals surface area (Å²) >= 11 is 2.67. The number of nitrogens with zero attached hydrogens (tertiary/aromatic N) is 2. The first-order valence-corrected chi connectivity index (χ1v) is 8.91. The highest BCUT2D eigenvalue weighted by Crippen LogP contribution is 2.18. The van der Waals surface area contributed by atoms with Crippen LogP contribution in [-0.2, 0) is 17.8 Å². The lowest BCUT2D eigenvalue weighted by molar-refractivity contribution is -0.120. The van der Waals surface area contributed by atoms with Gasteiger partial charge in [-0.15, -0.1) is 22.7 Å². The van der Waals surface area contributed by atoms with Crippen molar-refractivity contribution in [1.29, 1.82) is 0 Å². The predicted molar refractivity (Wildman–Crippen MR) is 94.2 cm³/mol. The van der Waals surface area contributed by atoms with E-state index in [2.05, 4.69) is 20.6 Å². The summed E-state index contributed by atoms with van der Waals surface area (Å²) in [7, 11) is 0. The maximum Gasteiger partial charge on any atom is 0.267 e. The van der Waals surface area contributed by atoms with Crippen LogP contribution >= 0.6 is 22.7 Å². The van der Waals surface area contributed by atoms with Gasteiger partial charge in [0.05, 0.1) is 17.0 Å². The molecule has 3 aromatic rings. The molecule has 2 amide bonds. The van der Waals surface area contributed by atoms with Gasteiger partial charge in [-0.1, -0.05) is 12.1 Å². The van der Waals surface area contributed by atoms with Crippen LogP contribution in [0.25, 0.3) is 0 Å². The molecule has 0 spiro atoms. The zero-order chi connectivity index (χ0) is 16.8. The SMILES string of the molecule is O=C(Cc1csc(NC(=O)c2cccs2)n1)NCc1cccnc1. The number of carbonyl (C=O) groups excluding carboxylic acids is 2. The molecule has 3 aromatic heterocycles. The fourth-order valence-corrected chi connectivity index (χ4v) is 3.27. The highest BCUT2D eigenvalue weighted by atomic mass is 32.1. The molecule has 8 heteroatoms. The van der Waals surface area contributed by atoms with Gasteiger partial charge in [0, 0.05) is 24.3 Å². The molecule has 0 saturated heterocycles. The fraction of sp³-hybridized carbons (Fsp3) is 0.125. The lowest BCUT2D eigenvalue weighted by Gasteiger charge is -2.03. The summed E-state index contributed by atoms with van der Waals surface area (Å²) in [4.78, 5) is 32.8. The van der Waals surface area contributed by atoms with Gasteiger partial charge in [0.2, 0.25) is 5.91 Å². The van der Waals surface area contributed by atoms with Gasteiger partial charge in [-0.05, 0) is 23.1 Å². The molecule has 0 fully saturated rings. The number of hydrogen-bond acceptors (Lipinski definition) is 6. The summed E-state index contributed by atoms with van der Waals surface area (Å²) in [5.74, 6) is -0.313. The molecule has 0 aliphatic carbocycles. The Kier molecular flexibility index (Phi) is 5.29. The van der Waals surface area contributed by atoms with Crippen LogP contribution in [0.3, 0.4) is 0 Å². The third kappa shape index (κ3) is 4.46. The number of pyridine rings is 1. The number of anilines is 1. The summed E-state index contributed by atoms with van der Waals surface area (Å²) in [6.45, 7) is 0.429. The average Bonchev–Trinajstić information content (AvgIpc) is 3.26. The Morgan fingerprint density at radius 3 is 2.83 bits per heavy atom. The number of thiazole rings is 1. The van der Waals surface area contributed by atoms with Crippen molar-refractivity contribution in [3.63, 3.8) is 0 Å². The minimum absolute atomic E-state index is 0.125. The van der Waals surface area contributed by atoms with Crippen LogP contribution in [0.2, 0.25) is 0 Å². The summed E-state index contributed by atoms with van der Waals surface area (Å²) in [6.07, 6.45) is 3.57. The smallest absolute Gasteiger partial charge is 0.267 e. The minimum atomic E-state index is -0.188. The van der Waals surface area contributed by atoms with Crippen LogP contribution in [0.15, 0.2) is 47.4 Å². The molecular formula is C16H14N4O2S2. The summed E-state index contributed by atoms with van der Waals surface area (Å²) in [5, 5.41) is 9.66. The van der Waals surface area contributed by atoms with Gasteiger partial charge >= 0.3 is 0 Å². The first-order chi connectivity index (χ1) is 11.7. The van der Waals surface area contributed by atoms with Crippen molar-refractivity contribution in [1.82, 2.24) is 15.3 Å². The van der Waals surface area contributed by atoms with Crippen molar-refractivity contribution >= 4 is 39.6 Å². The Balaban J connectivity index is 1.50. The van der Waals surface area contributed by atoms with Crippen LogP contribution < -0.4 is 10.6 Å². The molecule has 3 heterocycles. The third-order valence-electron chi connectivity index (χ3n) is 3.07. The van der Waals surface area contributed by atoms with Crippen molar-refractivity contribution in [2.45, 2.75) is 13.0 Å². The summed E-state index contributed by atoms with van der Waals surface area (Å²) in [6, 6.07) is 7.29. The quantitative estimate of drug-likeness (QED) is 0.710. The molecule has 0 aliphatic rings. The molecule has 0 aliphatic heterocycles. The van der Waals surface area contributed by atoms with E-state index in [9.17, 15) is 9.59 Å². The van der Waals surface area contributed by atoms with Gasteiger partial charge in [0.25, 0.3) is 5.91 Å². The second kappa shape index (κ2) is 7.80. The van der Waals surface area contributed by atoms with Crippen LogP contribution in [0.5, 0.6) is 0 Å². The first-order valence-electron chi connectivity index (χ1n) is 7.15. The molecule has 0 atom stereocenters. The molecule has 2 N–H and O–H groups in total. The van der Waals surface area contributed by atoms with Crippen molar-refractivity contribution in [3.05, 3.63) is 63.6 Å². The Hall–Kier alpha value is -2.58. The topological polar surface area (TPSA) is 84.0 Å². The Bertz CT molecular complexity index is 816. The second-order valence-corrected chi connectivity index (χ2v) is 6.70. The van der Waals surface area contributed by atoms with Crippen LogP contribution in [-0.4, -0.2) is 21.8 Å². The van der Waals surface area contributed by atoms with E-state index >= 15 is 0 Å². The fourth-order valence-electron chi connectivity index (χ4n) is 1.94. The number of hydrogen-bond donors (Lipinski definition) is 2. The second-order valence-electron chi connectivity index (χ2n) is 4.89. The molecule has 0 bridgehead atoms. The first kappa shape index (κ1) is 16.3. The van der Waals surface area contributed by atoms with E-state index in [1.54, 1.807) is 23.8 Å². The number of amides is 2. The van der Waals surface area contributed by atoms with Crippen LogP contribution in [0.1, 0.15) is 20.9 Å². The standard InChI is InChI=1S/C16H14N4O2S2/c21-14(18-9-11-3-1-5-17-8-11)7-12-10-24-16(19-12)20-15(22)13-4-2-6-23-13/h1-6,8,10H,7,9H2,(H,18,21)(H,19,20,22). The predicted octanol–water partition coefficient (Wildman–Crippen LogP) is 2.71. The van der Waals surface area contributed by atoms with E-state index in [-0.39, 0.29) is 18.2 Å². The lowest BCUT2D eigenvalue weighted by Crippen LogP contribution is -2.24. The molecular weight excluding hydrogens is 344 g/mol. The molecule has 6 nitrogen and oxygen atoms in total. The normalized spacial score (nSPS) is 10.3. The molecule has 3 rings (SSSR count). The maximum atomic E-state index is 12.0. The van der Waals surface area contributed by atoms with Gasteiger partial charge in [0.1, 0.15) is 0 Å². The van der Waals surface area contributed by atoms with E-state index < -0.39 is 0 Å². The summed E-state index contributed by atoms with van der Waals surface area (Å²) in [5.41, 5.74) is 1.57. The van der Waals surface area contributed by atoms with Gasteiger partial charge in [-0.25, -0.2) is 4.98 Å². The van der Waals surface area contributed by atoms with Gasteiger partial charge in [-0.3, -0.25) is 19.9 Å². The van der Waals surface area contributed by atoms with Gasteiger partial charge in [0.15, 0.2) is 5.13 Å². The number of aromatic nitrogens is 2. The molecule has 0 aromatic carbocycles. The minimum Gasteiger partial charge on any atom is -0.352 e. The average molecular weight is 358 g/mol. The molecule has 24 heavy (non-hydrogen) atoms. The summed E-state index contributed by atoms with van der Waals surface area (Å²) < 4.78 is 0. The van der Waals surface area contributed by atoms with E-state index in [0.717, 1.165) is 5.56 Å². The van der Waals surface area contributed by atoms with E-state index in [4.69, 9.17) is 0 Å². The van der Waals surface area contributed by atoms with E-state index in [1.807, 2.05) is 23.6 Å². The van der Waals surface area contributed by atoms with E-state index in [0.29, 0.717) is 22.2 Å². The zero-order valence-corrected chi connectivity index (χ0v) is 14.2. The number of carbonyl (C=O) groups is 2. The maximum absolute atomic E-state index is 12.0. The van der Waals surface area contributed by atoms with Crippen LogP contribution in [0, 0.1) is 0 Å². The Labute approximate surface area is 146 Å². The lowest BCUT2D eigenvalue weighted by atomic mass is 10.2. The largest absolute Gasteiger partial charge is 0.352 e. The Morgan fingerprint density at radius 1 is 1.17 bits per heavy atom. The molecule has 0 radical (unpaired) electrons.